The second-order valence-electron chi connectivity index (χ2n) is 2.42. The first kappa shape index (κ1) is 9.92. The van der Waals surface area contributed by atoms with Crippen molar-refractivity contribution in [3.63, 3.8) is 0 Å². The Bertz CT molecular complexity index is 73.7. The molecule has 0 atom stereocenters. The summed E-state index contributed by atoms with van der Waals surface area (Å²) in [6.07, 6.45) is 5.20. The van der Waals surface area contributed by atoms with Gasteiger partial charge in [0.2, 0.25) is 0 Å². The summed E-state index contributed by atoms with van der Waals surface area (Å²) in [7, 11) is -0.349. The van der Waals surface area contributed by atoms with Crippen LogP contribution in [0, 0.1) is 0 Å². The lowest BCUT2D eigenvalue weighted by Crippen LogP contribution is -1.96. The molecule has 0 aromatic rings. The molecule has 0 fully saturated rings. The molecule has 0 heterocycles. The molecule has 0 aliphatic carbocycles. The lowest BCUT2D eigenvalue weighted by Gasteiger charge is -1.99. The van der Waals surface area contributed by atoms with Crippen molar-refractivity contribution in [1.29, 1.82) is 0 Å². The third-order valence-corrected chi connectivity index (χ3v) is 2.14. The van der Waals surface area contributed by atoms with Crippen LogP contribution in [-0.2, 0) is 4.43 Å². The van der Waals surface area contributed by atoms with Gasteiger partial charge in [0.25, 0.3) is 0 Å². The SMILES string of the molecule is C=C[SiH2]OCCCCCC. The van der Waals surface area contributed by atoms with Crippen molar-refractivity contribution in [3.8, 4) is 0 Å². The highest BCUT2D eigenvalue weighted by Gasteiger charge is 1.86. The molecular formula is C8H18OSi. The molecule has 0 radical (unpaired) electrons. The molecule has 0 saturated carbocycles. The van der Waals surface area contributed by atoms with Crippen LogP contribution in [0.5, 0.6) is 0 Å². The number of hydrogen-bond acceptors (Lipinski definition) is 1. The predicted octanol–water partition coefficient (Wildman–Crippen LogP) is 1.81. The van der Waals surface area contributed by atoms with Gasteiger partial charge in [-0.3, -0.25) is 0 Å². The molecule has 0 unspecified atom stereocenters. The Morgan fingerprint density at radius 2 is 2.20 bits per heavy atom. The number of unbranched alkanes of at least 4 members (excludes halogenated alkanes) is 3. The topological polar surface area (TPSA) is 9.23 Å². The minimum atomic E-state index is -0.349. The lowest BCUT2D eigenvalue weighted by molar-refractivity contribution is 0.326. The summed E-state index contributed by atoms with van der Waals surface area (Å²) in [5.41, 5.74) is 1.93. The molecule has 0 aromatic heterocycles. The van der Waals surface area contributed by atoms with E-state index in [0.29, 0.717) is 0 Å². The largest absolute Gasteiger partial charge is 0.419 e. The lowest BCUT2D eigenvalue weighted by atomic mass is 10.2. The minimum Gasteiger partial charge on any atom is -0.419 e. The van der Waals surface area contributed by atoms with E-state index >= 15 is 0 Å². The number of rotatable bonds is 7. The van der Waals surface area contributed by atoms with Crippen LogP contribution in [-0.4, -0.2) is 16.4 Å². The van der Waals surface area contributed by atoms with E-state index in [1.807, 2.05) is 5.70 Å². The molecule has 0 spiro atoms. The van der Waals surface area contributed by atoms with E-state index in [9.17, 15) is 0 Å². The average Bonchev–Trinajstić information content (AvgIpc) is 1.97. The quantitative estimate of drug-likeness (QED) is 0.405. The molecule has 0 saturated heterocycles. The van der Waals surface area contributed by atoms with Gasteiger partial charge in [0.15, 0.2) is 9.76 Å². The predicted molar refractivity (Wildman–Crippen MR) is 48.8 cm³/mol. The zero-order valence-corrected chi connectivity index (χ0v) is 8.35. The Kier molecular flexibility index (Phi) is 8.84. The average molecular weight is 158 g/mol. The van der Waals surface area contributed by atoms with Crippen LogP contribution in [0.1, 0.15) is 32.6 Å². The van der Waals surface area contributed by atoms with Gasteiger partial charge in [0.1, 0.15) is 0 Å². The van der Waals surface area contributed by atoms with Gasteiger partial charge in [0, 0.05) is 6.61 Å². The summed E-state index contributed by atoms with van der Waals surface area (Å²) in [4.78, 5) is 0. The minimum absolute atomic E-state index is 0.349. The molecule has 0 amide bonds. The van der Waals surface area contributed by atoms with E-state index in [0.717, 1.165) is 6.61 Å². The number of hydrogen-bond donors (Lipinski definition) is 0. The van der Waals surface area contributed by atoms with Crippen LogP contribution >= 0.6 is 0 Å². The summed E-state index contributed by atoms with van der Waals surface area (Å²) in [6.45, 7) is 6.81. The van der Waals surface area contributed by atoms with Crippen LogP contribution in [0.15, 0.2) is 12.3 Å². The van der Waals surface area contributed by atoms with E-state index in [1.165, 1.54) is 25.7 Å². The highest BCUT2D eigenvalue weighted by atomic mass is 28.2. The van der Waals surface area contributed by atoms with Crippen molar-refractivity contribution in [2.75, 3.05) is 6.61 Å². The van der Waals surface area contributed by atoms with E-state index < -0.39 is 0 Å². The van der Waals surface area contributed by atoms with Crippen LogP contribution in [0.4, 0.5) is 0 Å². The normalized spacial score (nSPS) is 10.9. The van der Waals surface area contributed by atoms with Crippen LogP contribution in [0.25, 0.3) is 0 Å². The maximum Gasteiger partial charge on any atom is 0.184 e. The van der Waals surface area contributed by atoms with Crippen molar-refractivity contribution in [3.05, 3.63) is 12.3 Å². The Hall–Kier alpha value is -0.0831. The van der Waals surface area contributed by atoms with Gasteiger partial charge in [-0.2, -0.15) is 0 Å². The van der Waals surface area contributed by atoms with E-state index in [2.05, 4.69) is 13.5 Å². The highest BCUT2D eigenvalue weighted by Crippen LogP contribution is 1.97. The molecule has 0 rings (SSSR count). The monoisotopic (exact) mass is 158 g/mol. The molecule has 1 nitrogen and oxygen atoms in total. The summed E-state index contributed by atoms with van der Waals surface area (Å²) in [5, 5.41) is 0. The molecular weight excluding hydrogens is 140 g/mol. The zero-order valence-electron chi connectivity index (χ0n) is 6.94. The third-order valence-electron chi connectivity index (χ3n) is 1.38. The maximum absolute atomic E-state index is 5.35. The molecule has 0 N–H and O–H groups in total. The van der Waals surface area contributed by atoms with Gasteiger partial charge in [-0.1, -0.05) is 31.9 Å². The molecule has 0 aliphatic rings. The zero-order chi connectivity index (χ0) is 7.66. The van der Waals surface area contributed by atoms with Crippen LogP contribution in [0.2, 0.25) is 0 Å². The summed E-state index contributed by atoms with van der Waals surface area (Å²) in [6, 6.07) is 0. The van der Waals surface area contributed by atoms with Gasteiger partial charge in [0.05, 0.1) is 0 Å². The fourth-order valence-corrected chi connectivity index (χ4v) is 1.34. The first-order valence-electron chi connectivity index (χ1n) is 4.10. The van der Waals surface area contributed by atoms with Crippen molar-refractivity contribution >= 4 is 9.76 Å². The summed E-state index contributed by atoms with van der Waals surface area (Å²) < 4.78 is 5.35. The van der Waals surface area contributed by atoms with Crippen molar-refractivity contribution in [2.45, 2.75) is 32.6 Å². The summed E-state index contributed by atoms with van der Waals surface area (Å²) in [5.74, 6) is 0. The van der Waals surface area contributed by atoms with E-state index in [-0.39, 0.29) is 9.76 Å². The Labute approximate surface area is 66.4 Å². The van der Waals surface area contributed by atoms with Crippen molar-refractivity contribution in [2.24, 2.45) is 0 Å². The Morgan fingerprint density at radius 1 is 1.40 bits per heavy atom. The van der Waals surface area contributed by atoms with E-state index in [1.54, 1.807) is 0 Å². The first-order valence-corrected chi connectivity index (χ1v) is 5.49. The van der Waals surface area contributed by atoms with Crippen LogP contribution in [0.3, 0.4) is 0 Å². The highest BCUT2D eigenvalue weighted by molar-refractivity contribution is 6.33. The first-order chi connectivity index (χ1) is 4.91. The second kappa shape index (κ2) is 8.92. The smallest absolute Gasteiger partial charge is 0.184 e. The molecule has 0 aromatic carbocycles. The molecule has 0 aliphatic heterocycles. The van der Waals surface area contributed by atoms with Gasteiger partial charge in [-0.25, -0.2) is 0 Å². The van der Waals surface area contributed by atoms with E-state index in [4.69, 9.17) is 4.43 Å². The van der Waals surface area contributed by atoms with Crippen molar-refractivity contribution in [1.82, 2.24) is 0 Å². The summed E-state index contributed by atoms with van der Waals surface area (Å²) >= 11 is 0. The molecule has 60 valence electrons. The third kappa shape index (κ3) is 7.92. The maximum atomic E-state index is 5.35. The fraction of sp³-hybridized carbons (Fsp3) is 0.750. The standard InChI is InChI=1S/C8H18OSi/c1-3-5-6-7-8-9-10-4-2/h4H,2-3,5-8,10H2,1H3. The molecule has 2 heteroatoms. The van der Waals surface area contributed by atoms with Gasteiger partial charge >= 0.3 is 0 Å². The van der Waals surface area contributed by atoms with Gasteiger partial charge < -0.3 is 4.43 Å². The van der Waals surface area contributed by atoms with Crippen LogP contribution < -0.4 is 0 Å². The molecule has 10 heavy (non-hydrogen) atoms. The Balaban J connectivity index is 2.70. The van der Waals surface area contributed by atoms with Gasteiger partial charge in [-0.15, -0.1) is 6.58 Å². The van der Waals surface area contributed by atoms with Gasteiger partial charge in [-0.05, 0) is 6.42 Å². The van der Waals surface area contributed by atoms with Crippen molar-refractivity contribution < 1.29 is 4.43 Å². The fourth-order valence-electron chi connectivity index (χ4n) is 0.798. The molecule has 0 bridgehead atoms. The second-order valence-corrected chi connectivity index (χ2v) is 3.74. The Morgan fingerprint density at radius 3 is 2.80 bits per heavy atom.